The van der Waals surface area contributed by atoms with Gasteiger partial charge in [0.15, 0.2) is 11.6 Å². The molecule has 216 valence electrons. The van der Waals surface area contributed by atoms with Crippen LogP contribution in [0.4, 0.5) is 16.3 Å². The lowest BCUT2D eigenvalue weighted by Gasteiger charge is -2.28. The Balaban J connectivity index is 1.48. The van der Waals surface area contributed by atoms with E-state index >= 15 is 0 Å². The summed E-state index contributed by atoms with van der Waals surface area (Å²) in [6, 6.07) is 15.8. The molecule has 41 heavy (non-hydrogen) atoms. The first kappa shape index (κ1) is 29.4. The lowest BCUT2D eigenvalue weighted by atomic mass is 10.0. The number of hydrogen-bond acceptors (Lipinski definition) is 8. The Hall–Kier alpha value is -4.60. The molecule has 0 bridgehead atoms. The highest BCUT2D eigenvalue weighted by molar-refractivity contribution is 6.02. The number of hydrogen-bond donors (Lipinski definition) is 1. The molecule has 0 saturated carbocycles. The average molecular weight is 562 g/mol. The van der Waals surface area contributed by atoms with E-state index in [0.717, 1.165) is 11.1 Å². The number of para-hydroxylation sites is 1. The van der Waals surface area contributed by atoms with Crippen molar-refractivity contribution in [3.63, 3.8) is 0 Å². The fraction of sp³-hybridized carbons (Fsp3) is 0.355. The summed E-state index contributed by atoms with van der Waals surface area (Å²) >= 11 is 0. The molecule has 1 aromatic heterocycles. The topological polar surface area (TPSA) is 116 Å². The second-order valence-corrected chi connectivity index (χ2v) is 10.5. The van der Waals surface area contributed by atoms with Gasteiger partial charge in [0.2, 0.25) is 0 Å². The molecule has 0 fully saturated rings. The van der Waals surface area contributed by atoms with Gasteiger partial charge in [-0.2, -0.15) is 0 Å². The van der Waals surface area contributed by atoms with Crippen molar-refractivity contribution in [3.8, 4) is 11.5 Å². The number of benzene rings is 2. The van der Waals surface area contributed by atoms with Crippen molar-refractivity contribution >= 4 is 29.5 Å². The predicted octanol–water partition coefficient (Wildman–Crippen LogP) is 5.39. The third-order valence-corrected chi connectivity index (χ3v) is 6.07. The van der Waals surface area contributed by atoms with Gasteiger partial charge in [-0.15, -0.1) is 0 Å². The van der Waals surface area contributed by atoms with Crippen LogP contribution in [0.15, 0.2) is 60.8 Å². The van der Waals surface area contributed by atoms with E-state index in [4.69, 9.17) is 18.9 Å². The van der Waals surface area contributed by atoms with Crippen molar-refractivity contribution in [3.05, 3.63) is 77.5 Å². The third-order valence-electron chi connectivity index (χ3n) is 6.07. The van der Waals surface area contributed by atoms with Crippen LogP contribution in [-0.2, 0) is 20.7 Å². The number of urea groups is 1. The van der Waals surface area contributed by atoms with Crippen LogP contribution in [0.2, 0.25) is 0 Å². The Kier molecular flexibility index (Phi) is 9.44. The summed E-state index contributed by atoms with van der Waals surface area (Å²) in [5.41, 5.74) is 2.07. The number of ether oxygens (including phenoxy) is 4. The van der Waals surface area contributed by atoms with Crippen LogP contribution >= 0.6 is 0 Å². The summed E-state index contributed by atoms with van der Waals surface area (Å²) in [7, 11) is 1.33. The van der Waals surface area contributed by atoms with E-state index in [1.165, 1.54) is 7.11 Å². The Morgan fingerprint density at radius 2 is 1.85 bits per heavy atom. The number of nitrogens with zero attached hydrogens (tertiary/aromatic N) is 2. The van der Waals surface area contributed by atoms with Crippen LogP contribution in [0.25, 0.3) is 0 Å². The van der Waals surface area contributed by atoms with Crippen molar-refractivity contribution in [1.29, 1.82) is 0 Å². The Labute approximate surface area is 239 Å². The lowest BCUT2D eigenvalue weighted by molar-refractivity contribution is -0.155. The average Bonchev–Trinajstić information content (AvgIpc) is 2.94. The van der Waals surface area contributed by atoms with Crippen LogP contribution in [0.3, 0.4) is 0 Å². The molecular formula is C31H35N3O7. The quantitative estimate of drug-likeness (QED) is 0.273. The Morgan fingerprint density at radius 3 is 2.59 bits per heavy atom. The molecular weight excluding hydrogens is 526 g/mol. The molecule has 3 aromatic rings. The molecule has 0 radical (unpaired) electrons. The number of aromatic nitrogens is 1. The fourth-order valence-electron chi connectivity index (χ4n) is 4.26. The van der Waals surface area contributed by atoms with Gasteiger partial charge in [-0.05, 0) is 74.7 Å². The number of rotatable bonds is 9. The monoisotopic (exact) mass is 561 g/mol. The van der Waals surface area contributed by atoms with E-state index in [0.29, 0.717) is 61.2 Å². The van der Waals surface area contributed by atoms with Crippen molar-refractivity contribution in [2.75, 3.05) is 37.1 Å². The standard InChI is InChI=1S/C31H35N3O7/c1-31(2,3)41-27(35)11-8-15-39-25-13-12-22(29(36)38-4)19-23(25)17-21-18-26-28(32-20-21)34(14-16-40-26)30(37)33-24-9-6-5-7-10-24/h5-7,9-10,12-13,18-20H,8,11,14-17H2,1-4H3,(H,33,37). The molecule has 0 spiro atoms. The molecule has 0 aliphatic carbocycles. The second-order valence-electron chi connectivity index (χ2n) is 10.5. The molecule has 0 atom stereocenters. The minimum absolute atomic E-state index is 0.229. The van der Waals surface area contributed by atoms with Gasteiger partial charge < -0.3 is 24.3 Å². The second kappa shape index (κ2) is 13.2. The van der Waals surface area contributed by atoms with Crippen LogP contribution in [-0.4, -0.2) is 55.4 Å². The zero-order valence-electron chi connectivity index (χ0n) is 23.8. The summed E-state index contributed by atoms with van der Waals surface area (Å²) < 4.78 is 22.1. The van der Waals surface area contributed by atoms with Gasteiger partial charge in [-0.3, -0.25) is 9.69 Å². The number of methoxy groups -OCH3 is 1. The molecule has 0 unspecified atom stereocenters. The maximum atomic E-state index is 12.9. The zero-order valence-corrected chi connectivity index (χ0v) is 23.8. The van der Waals surface area contributed by atoms with E-state index in [9.17, 15) is 14.4 Å². The fourth-order valence-corrected chi connectivity index (χ4v) is 4.26. The smallest absolute Gasteiger partial charge is 0.337 e. The number of esters is 2. The van der Waals surface area contributed by atoms with Gasteiger partial charge in [0.05, 0.1) is 25.8 Å². The highest BCUT2D eigenvalue weighted by atomic mass is 16.6. The molecule has 4 rings (SSSR count). The molecule has 2 heterocycles. The predicted molar refractivity (Wildman–Crippen MR) is 154 cm³/mol. The largest absolute Gasteiger partial charge is 0.493 e. The first-order chi connectivity index (χ1) is 19.6. The first-order valence-electron chi connectivity index (χ1n) is 13.4. The van der Waals surface area contributed by atoms with E-state index < -0.39 is 11.6 Å². The normalized spacial score (nSPS) is 12.5. The van der Waals surface area contributed by atoms with Crippen molar-refractivity contribution in [1.82, 2.24) is 4.98 Å². The SMILES string of the molecule is COC(=O)c1ccc(OCCCC(=O)OC(C)(C)C)c(Cc2cnc3c(c2)OCCN3C(=O)Nc2ccccc2)c1. The van der Waals surface area contributed by atoms with Crippen LogP contribution in [0.1, 0.15) is 55.1 Å². The minimum Gasteiger partial charge on any atom is -0.493 e. The van der Waals surface area contributed by atoms with Gasteiger partial charge in [0.1, 0.15) is 18.0 Å². The van der Waals surface area contributed by atoms with E-state index in [1.807, 2.05) is 57.2 Å². The first-order valence-corrected chi connectivity index (χ1v) is 13.4. The molecule has 0 saturated heterocycles. The minimum atomic E-state index is -0.538. The van der Waals surface area contributed by atoms with Gasteiger partial charge in [-0.1, -0.05) is 18.2 Å². The number of carbonyl (C=O) groups excluding carboxylic acids is 3. The molecule has 2 aromatic carbocycles. The number of carbonyl (C=O) groups is 3. The number of fused-ring (bicyclic) bond motifs is 1. The summed E-state index contributed by atoms with van der Waals surface area (Å²) in [5, 5.41) is 2.88. The number of pyridine rings is 1. The molecule has 10 heteroatoms. The van der Waals surface area contributed by atoms with Gasteiger partial charge in [-0.25, -0.2) is 14.6 Å². The summed E-state index contributed by atoms with van der Waals surface area (Å²) in [5.74, 6) is 0.740. The van der Waals surface area contributed by atoms with Crippen molar-refractivity contribution in [2.24, 2.45) is 0 Å². The van der Waals surface area contributed by atoms with E-state index in [-0.39, 0.29) is 18.4 Å². The zero-order chi connectivity index (χ0) is 29.4. The van der Waals surface area contributed by atoms with E-state index in [1.54, 1.807) is 29.3 Å². The van der Waals surface area contributed by atoms with Crippen LogP contribution < -0.4 is 19.7 Å². The summed E-state index contributed by atoms with van der Waals surface area (Å²) in [4.78, 5) is 43.3. The molecule has 1 aliphatic heterocycles. The number of amides is 2. The van der Waals surface area contributed by atoms with Gasteiger partial charge in [0, 0.05) is 24.7 Å². The molecule has 1 aliphatic rings. The molecule has 2 amide bonds. The Morgan fingerprint density at radius 1 is 1.07 bits per heavy atom. The maximum Gasteiger partial charge on any atom is 0.337 e. The highest BCUT2D eigenvalue weighted by Crippen LogP contribution is 2.32. The lowest BCUT2D eigenvalue weighted by Crippen LogP contribution is -2.41. The highest BCUT2D eigenvalue weighted by Gasteiger charge is 2.26. The van der Waals surface area contributed by atoms with Crippen LogP contribution in [0.5, 0.6) is 11.5 Å². The molecule has 1 N–H and O–H groups in total. The van der Waals surface area contributed by atoms with E-state index in [2.05, 4.69) is 10.3 Å². The van der Waals surface area contributed by atoms with Crippen LogP contribution in [0, 0.1) is 0 Å². The Bertz CT molecular complexity index is 1390. The number of anilines is 2. The maximum absolute atomic E-state index is 12.9. The van der Waals surface area contributed by atoms with Gasteiger partial charge >= 0.3 is 18.0 Å². The van der Waals surface area contributed by atoms with Gasteiger partial charge in [0.25, 0.3) is 0 Å². The van der Waals surface area contributed by atoms with Crippen molar-refractivity contribution < 1.29 is 33.3 Å². The number of nitrogens with one attached hydrogen (secondary N) is 1. The molecule has 10 nitrogen and oxygen atoms in total. The third kappa shape index (κ3) is 8.20. The summed E-state index contributed by atoms with van der Waals surface area (Å²) in [6.07, 6.45) is 2.76. The summed E-state index contributed by atoms with van der Waals surface area (Å²) in [6.45, 7) is 6.46. The van der Waals surface area contributed by atoms with Crippen molar-refractivity contribution in [2.45, 2.75) is 45.6 Å².